The smallest absolute Gasteiger partial charge is 0.325 e. The highest BCUT2D eigenvalue weighted by atomic mass is 16.5. The summed E-state index contributed by atoms with van der Waals surface area (Å²) in [7, 11) is 1.63. The summed E-state index contributed by atoms with van der Waals surface area (Å²) in [5, 5.41) is 0. The molecule has 0 saturated heterocycles. The molecule has 4 heteroatoms. The molecule has 0 aliphatic carbocycles. The van der Waals surface area contributed by atoms with E-state index in [1.54, 1.807) is 19.2 Å². The Morgan fingerprint density at radius 1 is 0.885 bits per heavy atom. The van der Waals surface area contributed by atoms with Gasteiger partial charge in [0.2, 0.25) is 0 Å². The largest absolute Gasteiger partial charge is 0.464 e. The zero-order valence-corrected chi connectivity index (χ0v) is 16.8. The Morgan fingerprint density at radius 3 is 2.00 bits per heavy atom. The lowest BCUT2D eigenvalue weighted by Crippen LogP contribution is -2.33. The fourth-order valence-electron chi connectivity index (χ4n) is 2.83. The van der Waals surface area contributed by atoms with Crippen LogP contribution in [0.2, 0.25) is 0 Å². The van der Waals surface area contributed by atoms with Crippen LogP contribution in [-0.2, 0) is 9.53 Å². The van der Waals surface area contributed by atoms with Gasteiger partial charge in [-0.15, -0.1) is 0 Å². The Bertz CT molecular complexity index is 525. The quantitative estimate of drug-likeness (QED) is 0.361. The summed E-state index contributed by atoms with van der Waals surface area (Å²) in [6.07, 6.45) is 11.1. The van der Waals surface area contributed by atoms with Gasteiger partial charge in [-0.05, 0) is 25.5 Å². The predicted octanol–water partition coefficient (Wildman–Crippen LogP) is 5.14. The topological polar surface area (TPSA) is 46.6 Å². The van der Waals surface area contributed by atoms with Gasteiger partial charge in [0.15, 0.2) is 0 Å². The lowest BCUT2D eigenvalue weighted by atomic mass is 10.1. The second-order valence-electron chi connectivity index (χ2n) is 7.08. The first-order chi connectivity index (χ1) is 12.5. The Hall–Kier alpha value is -1.84. The van der Waals surface area contributed by atoms with Crippen molar-refractivity contribution in [3.05, 3.63) is 35.4 Å². The molecule has 4 nitrogen and oxygen atoms in total. The van der Waals surface area contributed by atoms with Crippen molar-refractivity contribution in [1.82, 2.24) is 4.90 Å². The normalized spacial score (nSPS) is 10.6. The number of aryl methyl sites for hydroxylation is 1. The summed E-state index contributed by atoms with van der Waals surface area (Å²) in [6.45, 7) is 4.64. The maximum Gasteiger partial charge on any atom is 0.325 e. The molecule has 1 amide bonds. The molecule has 26 heavy (non-hydrogen) atoms. The average molecular weight is 362 g/mol. The highest BCUT2D eigenvalue weighted by Gasteiger charge is 2.15. The van der Waals surface area contributed by atoms with Gasteiger partial charge in [-0.2, -0.15) is 0 Å². The number of ether oxygens (including phenoxy) is 1. The third kappa shape index (κ3) is 9.59. The molecule has 0 saturated carbocycles. The van der Waals surface area contributed by atoms with Crippen molar-refractivity contribution in [3.8, 4) is 0 Å². The number of hydrogen-bond donors (Lipinski definition) is 0. The summed E-state index contributed by atoms with van der Waals surface area (Å²) in [5.74, 6) is -0.502. The highest BCUT2D eigenvalue weighted by molar-refractivity contribution is 5.95. The van der Waals surface area contributed by atoms with Crippen molar-refractivity contribution >= 4 is 11.9 Å². The Labute approximate surface area is 158 Å². The van der Waals surface area contributed by atoms with E-state index in [4.69, 9.17) is 4.74 Å². The van der Waals surface area contributed by atoms with E-state index in [2.05, 4.69) is 6.92 Å². The number of unbranched alkanes of at least 4 members (excludes halogenated alkanes) is 8. The van der Waals surface area contributed by atoms with E-state index < -0.39 is 0 Å². The molecule has 0 heterocycles. The first kappa shape index (κ1) is 22.2. The minimum absolute atomic E-state index is 0.00978. The number of benzene rings is 1. The van der Waals surface area contributed by atoms with Gasteiger partial charge in [0, 0.05) is 12.6 Å². The van der Waals surface area contributed by atoms with Gasteiger partial charge in [-0.1, -0.05) is 76.0 Å². The Kier molecular flexibility index (Phi) is 11.4. The zero-order chi connectivity index (χ0) is 19.2. The summed E-state index contributed by atoms with van der Waals surface area (Å²) >= 11 is 0. The van der Waals surface area contributed by atoms with Crippen molar-refractivity contribution in [3.63, 3.8) is 0 Å². The molecule has 0 radical (unpaired) electrons. The molecule has 1 aromatic carbocycles. The van der Waals surface area contributed by atoms with Crippen molar-refractivity contribution in [1.29, 1.82) is 0 Å². The number of nitrogens with zero attached hydrogens (tertiary/aromatic N) is 1. The first-order valence-corrected chi connectivity index (χ1v) is 10.0. The van der Waals surface area contributed by atoms with Gasteiger partial charge in [0.1, 0.15) is 6.54 Å². The maximum atomic E-state index is 12.3. The van der Waals surface area contributed by atoms with E-state index in [9.17, 15) is 9.59 Å². The van der Waals surface area contributed by atoms with E-state index in [0.717, 1.165) is 18.4 Å². The fraction of sp³-hybridized carbons (Fsp3) is 0.636. The molecule has 146 valence electrons. The van der Waals surface area contributed by atoms with Gasteiger partial charge in [-0.25, -0.2) is 0 Å². The summed E-state index contributed by atoms with van der Waals surface area (Å²) in [4.78, 5) is 25.5. The minimum Gasteiger partial charge on any atom is -0.464 e. The number of carbonyl (C=O) groups is 2. The molecular formula is C22H35NO3. The van der Waals surface area contributed by atoms with Crippen LogP contribution in [0.4, 0.5) is 0 Å². The molecule has 0 aliphatic heterocycles. The number of hydrogen-bond acceptors (Lipinski definition) is 3. The van der Waals surface area contributed by atoms with E-state index >= 15 is 0 Å². The summed E-state index contributed by atoms with van der Waals surface area (Å²) in [5.41, 5.74) is 1.69. The van der Waals surface area contributed by atoms with Crippen LogP contribution in [-0.4, -0.2) is 37.0 Å². The van der Waals surface area contributed by atoms with Crippen LogP contribution in [0.15, 0.2) is 24.3 Å². The number of esters is 1. The van der Waals surface area contributed by atoms with Gasteiger partial charge in [-0.3, -0.25) is 9.59 Å². The SMILES string of the molecule is CCCCCCCCCCCOC(=O)CN(C)C(=O)c1ccc(C)cc1. The van der Waals surface area contributed by atoms with E-state index in [1.807, 2.05) is 19.1 Å². The van der Waals surface area contributed by atoms with Crippen LogP contribution in [0.5, 0.6) is 0 Å². The molecule has 0 atom stereocenters. The van der Waals surface area contributed by atoms with Gasteiger partial charge >= 0.3 is 5.97 Å². The number of likely N-dealkylation sites (N-methyl/N-ethyl adjacent to an activating group) is 1. The molecule has 0 bridgehead atoms. The van der Waals surface area contributed by atoms with E-state index in [-0.39, 0.29) is 18.4 Å². The van der Waals surface area contributed by atoms with E-state index in [0.29, 0.717) is 12.2 Å². The van der Waals surface area contributed by atoms with Crippen LogP contribution in [0.1, 0.15) is 80.6 Å². The Morgan fingerprint density at radius 2 is 1.42 bits per heavy atom. The molecular weight excluding hydrogens is 326 g/mol. The van der Waals surface area contributed by atoms with Crippen LogP contribution in [0, 0.1) is 6.92 Å². The monoisotopic (exact) mass is 361 g/mol. The first-order valence-electron chi connectivity index (χ1n) is 10.0. The molecule has 0 spiro atoms. The lowest BCUT2D eigenvalue weighted by Gasteiger charge is -2.16. The third-order valence-electron chi connectivity index (χ3n) is 4.52. The van der Waals surface area contributed by atoms with Crippen LogP contribution < -0.4 is 0 Å². The maximum absolute atomic E-state index is 12.3. The fourth-order valence-corrected chi connectivity index (χ4v) is 2.83. The van der Waals surface area contributed by atoms with Crippen LogP contribution >= 0.6 is 0 Å². The lowest BCUT2D eigenvalue weighted by molar-refractivity contribution is -0.144. The van der Waals surface area contributed by atoms with Crippen LogP contribution in [0.25, 0.3) is 0 Å². The molecule has 1 aromatic rings. The molecule has 0 fully saturated rings. The summed E-state index contributed by atoms with van der Waals surface area (Å²) < 4.78 is 5.24. The second-order valence-corrected chi connectivity index (χ2v) is 7.08. The zero-order valence-electron chi connectivity index (χ0n) is 16.8. The number of rotatable bonds is 13. The van der Waals surface area contributed by atoms with Gasteiger partial charge < -0.3 is 9.64 Å². The van der Waals surface area contributed by atoms with Crippen molar-refractivity contribution < 1.29 is 14.3 Å². The van der Waals surface area contributed by atoms with E-state index in [1.165, 1.54) is 49.8 Å². The third-order valence-corrected chi connectivity index (χ3v) is 4.52. The minimum atomic E-state index is -0.340. The molecule has 1 rings (SSSR count). The van der Waals surface area contributed by atoms with Crippen molar-refractivity contribution in [2.75, 3.05) is 20.2 Å². The molecule has 0 N–H and O–H groups in total. The summed E-state index contributed by atoms with van der Waals surface area (Å²) in [6, 6.07) is 7.34. The molecule has 0 unspecified atom stereocenters. The van der Waals surface area contributed by atoms with Crippen molar-refractivity contribution in [2.45, 2.75) is 71.6 Å². The molecule has 0 aliphatic rings. The number of amides is 1. The van der Waals surface area contributed by atoms with Gasteiger partial charge in [0.05, 0.1) is 6.61 Å². The predicted molar refractivity (Wildman–Crippen MR) is 106 cm³/mol. The number of carbonyl (C=O) groups excluding carboxylic acids is 2. The second kappa shape index (κ2) is 13.4. The van der Waals surface area contributed by atoms with Crippen molar-refractivity contribution in [2.24, 2.45) is 0 Å². The standard InChI is InChI=1S/C22H35NO3/c1-4-5-6-7-8-9-10-11-12-17-26-21(24)18-23(3)22(25)20-15-13-19(2)14-16-20/h13-16H,4-12,17-18H2,1-3H3. The average Bonchev–Trinajstić information content (AvgIpc) is 2.63. The van der Waals surface area contributed by atoms with Crippen LogP contribution in [0.3, 0.4) is 0 Å². The van der Waals surface area contributed by atoms with Gasteiger partial charge in [0.25, 0.3) is 5.91 Å². The highest BCUT2D eigenvalue weighted by Crippen LogP contribution is 2.10. The molecule has 0 aromatic heterocycles. The Balaban J connectivity index is 2.09.